The van der Waals surface area contributed by atoms with Crippen LogP contribution in [-0.2, 0) is 0 Å². The summed E-state index contributed by atoms with van der Waals surface area (Å²) in [4.78, 5) is 25.9. The van der Waals surface area contributed by atoms with Gasteiger partial charge in [0.1, 0.15) is 5.52 Å². The van der Waals surface area contributed by atoms with Crippen LogP contribution >= 0.6 is 0 Å². The van der Waals surface area contributed by atoms with E-state index in [-0.39, 0.29) is 35.5 Å². The van der Waals surface area contributed by atoms with Crippen LogP contribution in [0.4, 0.5) is 0 Å². The summed E-state index contributed by atoms with van der Waals surface area (Å²) in [5.41, 5.74) is -0.552. The van der Waals surface area contributed by atoms with Crippen LogP contribution in [0.3, 0.4) is 0 Å². The van der Waals surface area contributed by atoms with Crippen molar-refractivity contribution in [2.24, 2.45) is 0 Å². The van der Waals surface area contributed by atoms with E-state index in [1.807, 2.05) is 0 Å². The molecule has 2 heterocycles. The van der Waals surface area contributed by atoms with Crippen molar-refractivity contribution < 1.29 is 18.9 Å². The minimum atomic E-state index is -0.384. The van der Waals surface area contributed by atoms with Crippen molar-refractivity contribution in [3.8, 4) is 0 Å². The minimum absolute atomic E-state index is 0. The molecule has 6 heteroatoms. The number of nitrogens with one attached hydrogen (secondary N) is 2. The predicted octanol–water partition coefficient (Wildman–Crippen LogP) is -3.38. The summed E-state index contributed by atoms with van der Waals surface area (Å²) in [5, 5.41) is 4.70. The molecule has 0 unspecified atom stereocenters. The number of rotatable bonds is 0. The van der Waals surface area contributed by atoms with E-state index in [1.54, 1.807) is 12.1 Å². The number of hydrogen-bond donors (Lipinski definition) is 2. The summed E-state index contributed by atoms with van der Waals surface area (Å²) < 4.78 is 0. The summed E-state index contributed by atoms with van der Waals surface area (Å²) >= 11 is 0. The Morgan fingerprint density at radius 2 is 1.85 bits per heavy atom. The third-order valence-electron chi connectivity index (χ3n) is 1.56. The Labute approximate surface area is 84.4 Å². The number of H-pyrrole nitrogens is 2. The quantitative estimate of drug-likeness (QED) is 0.405. The zero-order chi connectivity index (χ0) is 8.55. The second kappa shape index (κ2) is 3.60. The molecule has 2 rings (SSSR count). The van der Waals surface area contributed by atoms with Gasteiger partial charge in [-0.25, -0.2) is 0 Å². The van der Waals surface area contributed by atoms with E-state index < -0.39 is 0 Å². The van der Waals surface area contributed by atoms with E-state index in [2.05, 4.69) is 15.2 Å². The van der Waals surface area contributed by atoms with Crippen molar-refractivity contribution in [3.05, 3.63) is 39.0 Å². The molecule has 0 aliphatic heterocycles. The molecule has 0 saturated heterocycles. The maximum absolute atomic E-state index is 11.1. The Morgan fingerprint density at radius 1 is 1.15 bits per heavy atom. The van der Waals surface area contributed by atoms with Gasteiger partial charge in [0, 0.05) is 6.20 Å². The molecular weight excluding hydrogens is 165 g/mol. The average Bonchev–Trinajstić information content (AvgIpc) is 2.12. The summed E-state index contributed by atoms with van der Waals surface area (Å²) in [5.74, 6) is 0. The SMILES string of the molecule is O=c1[nH][nH]c(=O)c2ncccc12.[Li+]. The maximum atomic E-state index is 11.1. The fraction of sp³-hybridized carbons (Fsp3) is 0. The summed E-state index contributed by atoms with van der Waals surface area (Å²) in [6.45, 7) is 0. The largest absolute Gasteiger partial charge is 1.00 e. The minimum Gasteiger partial charge on any atom is -0.267 e. The van der Waals surface area contributed by atoms with Crippen molar-refractivity contribution in [1.82, 2.24) is 15.2 Å². The van der Waals surface area contributed by atoms with Gasteiger partial charge in [0.05, 0.1) is 5.39 Å². The molecule has 0 fully saturated rings. The van der Waals surface area contributed by atoms with Crippen LogP contribution in [0.15, 0.2) is 27.9 Å². The van der Waals surface area contributed by atoms with Gasteiger partial charge < -0.3 is 0 Å². The van der Waals surface area contributed by atoms with E-state index in [1.165, 1.54) is 6.20 Å². The molecule has 0 spiro atoms. The van der Waals surface area contributed by atoms with E-state index >= 15 is 0 Å². The van der Waals surface area contributed by atoms with E-state index in [9.17, 15) is 9.59 Å². The van der Waals surface area contributed by atoms with Crippen molar-refractivity contribution >= 4 is 10.9 Å². The molecule has 0 aliphatic carbocycles. The van der Waals surface area contributed by atoms with Gasteiger partial charge in [-0.2, -0.15) is 0 Å². The molecule has 0 atom stereocenters. The molecule has 0 saturated carbocycles. The van der Waals surface area contributed by atoms with Crippen LogP contribution in [0.2, 0.25) is 0 Å². The van der Waals surface area contributed by atoms with Crippen molar-refractivity contribution in [3.63, 3.8) is 0 Å². The van der Waals surface area contributed by atoms with Gasteiger partial charge in [0.15, 0.2) is 0 Å². The molecule has 0 radical (unpaired) electrons. The Kier molecular flexibility index (Phi) is 2.71. The number of aromatic amines is 2. The molecule has 0 aliphatic rings. The van der Waals surface area contributed by atoms with Gasteiger partial charge in [-0.3, -0.25) is 24.8 Å². The monoisotopic (exact) mass is 170 g/mol. The third-order valence-corrected chi connectivity index (χ3v) is 1.56. The first-order chi connectivity index (χ1) is 5.79. The fourth-order valence-corrected chi connectivity index (χ4v) is 1.01. The average molecular weight is 170 g/mol. The summed E-state index contributed by atoms with van der Waals surface area (Å²) in [6, 6.07) is 3.16. The predicted molar refractivity (Wildman–Crippen MR) is 43.0 cm³/mol. The standard InChI is InChI=1S/C7H5N3O2.Li/c11-6-4-2-1-3-8-5(4)7(12)10-9-6;/h1-3H,(H,9,11)(H,10,12);/q;+1. The second-order valence-electron chi connectivity index (χ2n) is 2.31. The Bertz CT molecular complexity index is 482. The molecule has 2 N–H and O–H groups in total. The topological polar surface area (TPSA) is 78.6 Å². The van der Waals surface area contributed by atoms with Crippen molar-refractivity contribution in [1.29, 1.82) is 0 Å². The Morgan fingerprint density at radius 3 is 2.54 bits per heavy atom. The molecule has 0 bridgehead atoms. The number of fused-ring (bicyclic) bond motifs is 1. The van der Waals surface area contributed by atoms with Gasteiger partial charge in [0.25, 0.3) is 11.1 Å². The molecule has 13 heavy (non-hydrogen) atoms. The molecule has 0 amide bonds. The first-order valence-electron chi connectivity index (χ1n) is 3.35. The van der Waals surface area contributed by atoms with Gasteiger partial charge in [0.2, 0.25) is 0 Å². The molecular formula is C7H5LiN3O2+. The summed E-state index contributed by atoms with van der Waals surface area (Å²) in [7, 11) is 0. The van der Waals surface area contributed by atoms with Crippen LogP contribution in [-0.4, -0.2) is 15.2 Å². The fourth-order valence-electron chi connectivity index (χ4n) is 1.01. The van der Waals surface area contributed by atoms with E-state index in [0.717, 1.165) is 0 Å². The van der Waals surface area contributed by atoms with Crippen molar-refractivity contribution in [2.45, 2.75) is 0 Å². The first kappa shape index (κ1) is 9.77. The smallest absolute Gasteiger partial charge is 0.267 e. The Balaban J connectivity index is 0.000000845. The Hall–Kier alpha value is -1.31. The zero-order valence-corrected chi connectivity index (χ0v) is 7.00. The van der Waals surface area contributed by atoms with Gasteiger partial charge >= 0.3 is 18.9 Å². The molecule has 2 aromatic heterocycles. The normalized spacial score (nSPS) is 9.54. The van der Waals surface area contributed by atoms with Crippen LogP contribution in [0.5, 0.6) is 0 Å². The zero-order valence-electron chi connectivity index (χ0n) is 7.00. The van der Waals surface area contributed by atoms with Gasteiger partial charge in [-0.1, -0.05) is 0 Å². The van der Waals surface area contributed by atoms with Crippen LogP contribution in [0.1, 0.15) is 0 Å². The second-order valence-corrected chi connectivity index (χ2v) is 2.31. The number of aromatic nitrogens is 3. The number of pyridine rings is 1. The van der Waals surface area contributed by atoms with Crippen LogP contribution in [0, 0.1) is 0 Å². The van der Waals surface area contributed by atoms with E-state index in [4.69, 9.17) is 0 Å². The van der Waals surface area contributed by atoms with Crippen molar-refractivity contribution in [2.75, 3.05) is 0 Å². The van der Waals surface area contributed by atoms with Gasteiger partial charge in [-0.05, 0) is 12.1 Å². The molecule has 2 aromatic rings. The van der Waals surface area contributed by atoms with Crippen LogP contribution in [0.25, 0.3) is 10.9 Å². The number of nitrogens with zero attached hydrogens (tertiary/aromatic N) is 1. The molecule has 5 nitrogen and oxygen atoms in total. The third kappa shape index (κ3) is 1.57. The van der Waals surface area contributed by atoms with Crippen LogP contribution < -0.4 is 30.0 Å². The number of hydrogen-bond acceptors (Lipinski definition) is 3. The first-order valence-corrected chi connectivity index (χ1v) is 3.35. The maximum Gasteiger partial charge on any atom is 1.00 e. The molecule has 60 valence electrons. The van der Waals surface area contributed by atoms with E-state index in [0.29, 0.717) is 5.39 Å². The molecule has 0 aromatic carbocycles. The summed E-state index contributed by atoms with van der Waals surface area (Å²) in [6.07, 6.45) is 1.47. The van der Waals surface area contributed by atoms with Gasteiger partial charge in [-0.15, -0.1) is 0 Å².